The van der Waals surface area contributed by atoms with Crippen LogP contribution < -0.4 is 5.32 Å². The van der Waals surface area contributed by atoms with Gasteiger partial charge in [-0.2, -0.15) is 9.78 Å². The second-order valence-corrected chi connectivity index (χ2v) is 7.52. The van der Waals surface area contributed by atoms with Crippen LogP contribution in [0.1, 0.15) is 29.2 Å². The van der Waals surface area contributed by atoms with Gasteiger partial charge in [0.05, 0.1) is 16.7 Å². The molecule has 0 bridgehead atoms. The summed E-state index contributed by atoms with van der Waals surface area (Å²) in [5.41, 5.74) is 4.78. The number of nitrogens with one attached hydrogen (secondary N) is 2. The molecule has 1 amide bonds. The number of nitrogens with zero attached hydrogens (tertiary/aromatic N) is 3. The number of rotatable bonds is 2. The van der Waals surface area contributed by atoms with E-state index in [9.17, 15) is 4.79 Å². The van der Waals surface area contributed by atoms with Crippen molar-refractivity contribution in [3.63, 3.8) is 0 Å². The molecule has 1 aliphatic heterocycles. The number of amides is 1. The van der Waals surface area contributed by atoms with Crippen LogP contribution in [0.15, 0.2) is 53.0 Å². The Morgan fingerprint density at radius 1 is 1.15 bits per heavy atom. The van der Waals surface area contributed by atoms with E-state index in [1.165, 1.54) is 0 Å². The zero-order valence-electron chi connectivity index (χ0n) is 14.5. The van der Waals surface area contributed by atoms with E-state index in [0.717, 1.165) is 32.3 Å². The van der Waals surface area contributed by atoms with Crippen molar-refractivity contribution in [3.8, 4) is 5.95 Å². The molecule has 0 fully saturated rings. The average Bonchev–Trinajstić information content (AvgIpc) is 3.22. The van der Waals surface area contributed by atoms with Crippen molar-refractivity contribution in [2.75, 3.05) is 5.32 Å². The first-order valence-corrected chi connectivity index (χ1v) is 9.50. The van der Waals surface area contributed by atoms with Gasteiger partial charge in [0.1, 0.15) is 5.82 Å². The van der Waals surface area contributed by atoms with Crippen LogP contribution in [-0.2, 0) is 4.79 Å². The van der Waals surface area contributed by atoms with Crippen molar-refractivity contribution in [3.05, 3.63) is 69.8 Å². The maximum atomic E-state index is 12.5. The van der Waals surface area contributed by atoms with Crippen LogP contribution in [0.5, 0.6) is 0 Å². The van der Waals surface area contributed by atoms with Crippen LogP contribution in [0, 0.1) is 6.92 Å². The lowest BCUT2D eigenvalue weighted by Crippen LogP contribution is -2.25. The number of halogens is 1. The molecule has 6 nitrogen and oxygen atoms in total. The van der Waals surface area contributed by atoms with Crippen molar-refractivity contribution in [2.45, 2.75) is 19.3 Å². The predicted octanol–water partition coefficient (Wildman–Crippen LogP) is 4.29. The molecule has 0 saturated heterocycles. The molecule has 0 spiro atoms. The van der Waals surface area contributed by atoms with Gasteiger partial charge < -0.3 is 10.3 Å². The summed E-state index contributed by atoms with van der Waals surface area (Å²) < 4.78 is 2.69. The highest BCUT2D eigenvalue weighted by Gasteiger charge is 2.34. The van der Waals surface area contributed by atoms with Crippen molar-refractivity contribution >= 4 is 38.7 Å². The number of para-hydroxylation sites is 2. The summed E-state index contributed by atoms with van der Waals surface area (Å²) in [6.45, 7) is 1.97. The molecule has 7 heteroatoms. The van der Waals surface area contributed by atoms with Gasteiger partial charge in [-0.3, -0.25) is 4.79 Å². The number of carbonyl (C=O) groups excluding carboxylic acids is 1. The molecule has 134 valence electrons. The molecule has 2 aromatic carbocycles. The van der Waals surface area contributed by atoms with Crippen LogP contribution in [0.25, 0.3) is 17.0 Å². The standard InChI is InChI=1S/C20H16BrN5O/c1-11-18-13(12-6-2-3-7-14(12)21)10-17(27)24-19(18)26(25-11)20-22-15-8-4-5-9-16(15)23-20/h2-9,13H,10H2,1H3,(H,22,23)(H,24,27). The fourth-order valence-electron chi connectivity index (χ4n) is 3.76. The number of aromatic nitrogens is 4. The highest BCUT2D eigenvalue weighted by Crippen LogP contribution is 2.42. The molecule has 27 heavy (non-hydrogen) atoms. The van der Waals surface area contributed by atoms with Crippen LogP contribution in [0.3, 0.4) is 0 Å². The first-order valence-electron chi connectivity index (χ1n) is 8.70. The molecule has 4 aromatic rings. The quantitative estimate of drug-likeness (QED) is 0.506. The van der Waals surface area contributed by atoms with Crippen LogP contribution in [0.2, 0.25) is 0 Å². The van der Waals surface area contributed by atoms with Crippen molar-refractivity contribution < 1.29 is 4.79 Å². The van der Waals surface area contributed by atoms with Gasteiger partial charge in [-0.1, -0.05) is 46.3 Å². The van der Waals surface area contributed by atoms with Gasteiger partial charge >= 0.3 is 0 Å². The molecular formula is C20H16BrN5O. The molecular weight excluding hydrogens is 406 g/mol. The van der Waals surface area contributed by atoms with Gasteiger partial charge in [0.15, 0.2) is 0 Å². The largest absolute Gasteiger partial charge is 0.322 e. The van der Waals surface area contributed by atoms with E-state index in [1.54, 1.807) is 4.68 Å². The molecule has 0 radical (unpaired) electrons. The minimum absolute atomic E-state index is 0.0273. The summed E-state index contributed by atoms with van der Waals surface area (Å²) in [5, 5.41) is 7.69. The second kappa shape index (κ2) is 6.06. The molecule has 0 aliphatic carbocycles. The predicted molar refractivity (Wildman–Crippen MR) is 107 cm³/mol. The Bertz CT molecular complexity index is 1160. The maximum Gasteiger partial charge on any atom is 0.231 e. The molecule has 2 N–H and O–H groups in total. The lowest BCUT2D eigenvalue weighted by atomic mass is 9.86. The number of aryl methyl sites for hydroxylation is 1. The average molecular weight is 422 g/mol. The van der Waals surface area contributed by atoms with Gasteiger partial charge in [0, 0.05) is 22.4 Å². The lowest BCUT2D eigenvalue weighted by Gasteiger charge is -2.24. The van der Waals surface area contributed by atoms with Gasteiger partial charge in [-0.05, 0) is 30.7 Å². The van der Waals surface area contributed by atoms with Gasteiger partial charge in [0.25, 0.3) is 0 Å². The number of hydrogen-bond donors (Lipinski definition) is 2. The van der Waals surface area contributed by atoms with Crippen LogP contribution >= 0.6 is 15.9 Å². The van der Waals surface area contributed by atoms with Gasteiger partial charge in [-0.15, -0.1) is 0 Å². The number of anilines is 1. The smallest absolute Gasteiger partial charge is 0.231 e. The Hall–Kier alpha value is -2.93. The lowest BCUT2D eigenvalue weighted by molar-refractivity contribution is -0.116. The second-order valence-electron chi connectivity index (χ2n) is 6.66. The molecule has 0 saturated carbocycles. The highest BCUT2D eigenvalue weighted by molar-refractivity contribution is 9.10. The number of imidazole rings is 1. The van der Waals surface area contributed by atoms with Gasteiger partial charge in [0.2, 0.25) is 11.9 Å². The number of carbonyl (C=O) groups is 1. The number of fused-ring (bicyclic) bond motifs is 2. The van der Waals surface area contributed by atoms with Crippen LogP contribution in [0.4, 0.5) is 5.82 Å². The Morgan fingerprint density at radius 2 is 1.93 bits per heavy atom. The summed E-state index contributed by atoms with van der Waals surface area (Å²) in [5.74, 6) is 1.19. The summed E-state index contributed by atoms with van der Waals surface area (Å²) in [6, 6.07) is 15.8. The molecule has 1 aliphatic rings. The first kappa shape index (κ1) is 16.3. The molecule has 1 unspecified atom stereocenters. The zero-order chi connectivity index (χ0) is 18.5. The topological polar surface area (TPSA) is 75.6 Å². The summed E-state index contributed by atoms with van der Waals surface area (Å²) in [6.07, 6.45) is 0.391. The van der Waals surface area contributed by atoms with E-state index in [4.69, 9.17) is 5.10 Å². The minimum atomic E-state index is -0.0533. The Kier molecular flexibility index (Phi) is 3.65. The van der Waals surface area contributed by atoms with Crippen molar-refractivity contribution in [2.24, 2.45) is 0 Å². The fraction of sp³-hybridized carbons (Fsp3) is 0.150. The zero-order valence-corrected chi connectivity index (χ0v) is 16.1. The van der Waals surface area contributed by atoms with E-state index in [2.05, 4.69) is 37.3 Å². The normalized spacial score (nSPS) is 16.4. The van der Waals surface area contributed by atoms with E-state index in [0.29, 0.717) is 18.2 Å². The third kappa shape index (κ3) is 2.57. The first-order chi connectivity index (χ1) is 13.1. The Balaban J connectivity index is 1.70. The Labute approximate surface area is 163 Å². The van der Waals surface area contributed by atoms with E-state index >= 15 is 0 Å². The number of hydrogen-bond acceptors (Lipinski definition) is 3. The molecule has 5 rings (SSSR count). The fourth-order valence-corrected chi connectivity index (χ4v) is 4.32. The molecule has 3 heterocycles. The number of benzene rings is 2. The molecule has 1 atom stereocenters. The van der Waals surface area contributed by atoms with E-state index in [-0.39, 0.29) is 11.8 Å². The highest BCUT2D eigenvalue weighted by atomic mass is 79.9. The van der Waals surface area contributed by atoms with Crippen molar-refractivity contribution in [1.29, 1.82) is 0 Å². The molecule has 2 aromatic heterocycles. The van der Waals surface area contributed by atoms with E-state index < -0.39 is 0 Å². The van der Waals surface area contributed by atoms with E-state index in [1.807, 2.05) is 49.4 Å². The minimum Gasteiger partial charge on any atom is -0.322 e. The third-order valence-corrected chi connectivity index (χ3v) is 5.68. The number of H-pyrrole nitrogens is 1. The Morgan fingerprint density at radius 3 is 2.74 bits per heavy atom. The SMILES string of the molecule is Cc1nn(-c2nc3ccccc3[nH]2)c2c1C(c1ccccc1Br)CC(=O)N2. The van der Waals surface area contributed by atoms with Gasteiger partial charge in [-0.25, -0.2) is 4.98 Å². The number of aromatic amines is 1. The summed E-state index contributed by atoms with van der Waals surface area (Å²) in [4.78, 5) is 20.4. The summed E-state index contributed by atoms with van der Waals surface area (Å²) >= 11 is 3.63. The van der Waals surface area contributed by atoms with Crippen molar-refractivity contribution in [1.82, 2.24) is 19.7 Å². The maximum absolute atomic E-state index is 12.5. The monoisotopic (exact) mass is 421 g/mol. The summed E-state index contributed by atoms with van der Waals surface area (Å²) in [7, 11) is 0. The third-order valence-electron chi connectivity index (χ3n) is 4.96. The van der Waals surface area contributed by atoms with Crippen LogP contribution in [-0.4, -0.2) is 25.7 Å².